The van der Waals surface area contributed by atoms with Crippen molar-refractivity contribution in [2.45, 2.75) is 13.8 Å². The number of para-hydroxylation sites is 2. The second-order valence-electron chi connectivity index (χ2n) is 5.68. The Morgan fingerprint density at radius 2 is 1.70 bits per heavy atom. The molecule has 0 saturated heterocycles. The summed E-state index contributed by atoms with van der Waals surface area (Å²) in [6.45, 7) is 4.03. The SMILES string of the molecule is CCOc1ccccc1NC(=O)NC(=O)N(c1ccc(C)cc1)S(C)(=O)=O. The van der Waals surface area contributed by atoms with Crippen LogP contribution in [0.25, 0.3) is 0 Å². The van der Waals surface area contributed by atoms with E-state index in [1.165, 1.54) is 12.1 Å². The number of carbonyl (C=O) groups excluding carboxylic acids is 2. The lowest BCUT2D eigenvalue weighted by molar-refractivity contribution is 0.238. The predicted octanol–water partition coefficient (Wildman–Crippen LogP) is 3.10. The summed E-state index contributed by atoms with van der Waals surface area (Å²) in [6.07, 6.45) is 0.884. The van der Waals surface area contributed by atoms with Gasteiger partial charge in [0.1, 0.15) is 5.75 Å². The van der Waals surface area contributed by atoms with Crippen LogP contribution in [0.1, 0.15) is 12.5 Å². The molecule has 2 rings (SSSR count). The molecule has 4 amide bonds. The Morgan fingerprint density at radius 3 is 2.30 bits per heavy atom. The third-order valence-electron chi connectivity index (χ3n) is 3.44. The summed E-state index contributed by atoms with van der Waals surface area (Å²) in [5.41, 5.74) is 1.38. The zero-order chi connectivity index (χ0) is 20.0. The van der Waals surface area contributed by atoms with E-state index in [1.54, 1.807) is 43.3 Å². The Labute approximate surface area is 158 Å². The highest BCUT2D eigenvalue weighted by atomic mass is 32.2. The summed E-state index contributed by atoms with van der Waals surface area (Å²) >= 11 is 0. The van der Waals surface area contributed by atoms with Crippen LogP contribution in [0.4, 0.5) is 21.0 Å². The summed E-state index contributed by atoms with van der Waals surface area (Å²) in [5, 5.41) is 4.50. The molecule has 0 atom stereocenters. The molecule has 0 radical (unpaired) electrons. The molecule has 0 saturated carbocycles. The van der Waals surface area contributed by atoms with Gasteiger partial charge in [0.25, 0.3) is 0 Å². The average molecular weight is 391 g/mol. The van der Waals surface area contributed by atoms with Gasteiger partial charge in [0, 0.05) is 0 Å². The van der Waals surface area contributed by atoms with Crippen molar-refractivity contribution in [3.05, 3.63) is 54.1 Å². The highest BCUT2D eigenvalue weighted by Crippen LogP contribution is 2.23. The van der Waals surface area contributed by atoms with Crippen LogP contribution >= 0.6 is 0 Å². The minimum absolute atomic E-state index is 0.128. The number of hydrogen-bond acceptors (Lipinski definition) is 5. The quantitative estimate of drug-likeness (QED) is 0.815. The van der Waals surface area contributed by atoms with Gasteiger partial charge in [-0.25, -0.2) is 18.0 Å². The fourth-order valence-corrected chi connectivity index (χ4v) is 3.14. The molecule has 9 heteroatoms. The van der Waals surface area contributed by atoms with Crippen LogP contribution in [-0.4, -0.2) is 33.3 Å². The maximum atomic E-state index is 12.4. The molecule has 8 nitrogen and oxygen atoms in total. The first-order valence-electron chi connectivity index (χ1n) is 8.13. The summed E-state index contributed by atoms with van der Waals surface area (Å²) in [6, 6.07) is 11.0. The van der Waals surface area contributed by atoms with Crippen LogP contribution in [0.2, 0.25) is 0 Å². The molecule has 0 unspecified atom stereocenters. The first-order valence-corrected chi connectivity index (χ1v) is 9.98. The van der Waals surface area contributed by atoms with E-state index in [0.717, 1.165) is 11.8 Å². The number of imide groups is 1. The number of amides is 4. The molecule has 0 fully saturated rings. The second-order valence-corrected chi connectivity index (χ2v) is 7.51. The Balaban J connectivity index is 2.18. The number of hydrogen-bond donors (Lipinski definition) is 2. The predicted molar refractivity (Wildman–Crippen MR) is 104 cm³/mol. The molecule has 2 aromatic carbocycles. The molecule has 0 spiro atoms. The first-order chi connectivity index (χ1) is 12.7. The van der Waals surface area contributed by atoms with Gasteiger partial charge < -0.3 is 10.1 Å². The maximum Gasteiger partial charge on any atom is 0.343 e. The van der Waals surface area contributed by atoms with Crippen molar-refractivity contribution in [3.63, 3.8) is 0 Å². The third kappa shape index (κ3) is 5.45. The van der Waals surface area contributed by atoms with E-state index in [0.29, 0.717) is 22.3 Å². The second kappa shape index (κ2) is 8.54. The number of sulfonamides is 1. The maximum absolute atomic E-state index is 12.4. The number of rotatable bonds is 5. The van der Waals surface area contributed by atoms with Crippen LogP contribution in [0.5, 0.6) is 5.75 Å². The van der Waals surface area contributed by atoms with Crippen LogP contribution in [0, 0.1) is 6.92 Å². The molecular weight excluding hydrogens is 370 g/mol. The first kappa shape index (κ1) is 20.2. The van der Waals surface area contributed by atoms with Gasteiger partial charge in [-0.15, -0.1) is 0 Å². The van der Waals surface area contributed by atoms with Crippen molar-refractivity contribution in [3.8, 4) is 5.75 Å². The largest absolute Gasteiger partial charge is 0.492 e. The molecule has 2 N–H and O–H groups in total. The van der Waals surface area contributed by atoms with Gasteiger partial charge in [-0.2, -0.15) is 4.31 Å². The molecule has 0 aliphatic rings. The van der Waals surface area contributed by atoms with Gasteiger partial charge in [0.2, 0.25) is 10.0 Å². The third-order valence-corrected chi connectivity index (χ3v) is 4.48. The van der Waals surface area contributed by atoms with Gasteiger partial charge in [0.05, 0.1) is 24.2 Å². The fraction of sp³-hybridized carbons (Fsp3) is 0.222. The molecule has 0 aromatic heterocycles. The normalized spacial score (nSPS) is 10.8. The Hall–Kier alpha value is -3.07. The van der Waals surface area contributed by atoms with E-state index >= 15 is 0 Å². The smallest absolute Gasteiger partial charge is 0.343 e. The van der Waals surface area contributed by atoms with Crippen LogP contribution < -0.4 is 19.7 Å². The lowest BCUT2D eigenvalue weighted by Crippen LogP contribution is -2.47. The van der Waals surface area contributed by atoms with E-state index in [2.05, 4.69) is 5.32 Å². The minimum Gasteiger partial charge on any atom is -0.492 e. The lowest BCUT2D eigenvalue weighted by Gasteiger charge is -2.20. The number of benzene rings is 2. The molecule has 0 aliphatic heterocycles. The standard InChI is InChI=1S/C18H21N3O5S/c1-4-26-16-8-6-5-7-15(16)19-17(22)20-18(23)21(27(3,24)25)14-11-9-13(2)10-12-14/h5-12H,4H2,1-3H3,(H2,19,20,22,23). The van der Waals surface area contributed by atoms with Crippen LogP contribution in [-0.2, 0) is 10.0 Å². The van der Waals surface area contributed by atoms with Crippen LogP contribution in [0.3, 0.4) is 0 Å². The van der Waals surface area contributed by atoms with E-state index in [9.17, 15) is 18.0 Å². The van der Waals surface area contributed by atoms with Crippen molar-refractivity contribution in [2.24, 2.45) is 0 Å². The molecule has 27 heavy (non-hydrogen) atoms. The van der Waals surface area contributed by atoms with Crippen molar-refractivity contribution < 1.29 is 22.7 Å². The molecule has 144 valence electrons. The van der Waals surface area contributed by atoms with Gasteiger partial charge in [-0.3, -0.25) is 5.32 Å². The van der Waals surface area contributed by atoms with E-state index in [-0.39, 0.29) is 5.69 Å². The zero-order valence-corrected chi connectivity index (χ0v) is 16.0. The summed E-state index contributed by atoms with van der Waals surface area (Å²) in [5.74, 6) is 0.432. The van der Waals surface area contributed by atoms with Crippen molar-refractivity contribution in [2.75, 3.05) is 22.5 Å². The number of aryl methyl sites for hydroxylation is 1. The van der Waals surface area contributed by atoms with Gasteiger partial charge in [-0.1, -0.05) is 29.8 Å². The molecular formula is C18H21N3O5S. The lowest BCUT2D eigenvalue weighted by atomic mass is 10.2. The van der Waals surface area contributed by atoms with Crippen molar-refractivity contribution >= 4 is 33.5 Å². The van der Waals surface area contributed by atoms with Gasteiger partial charge >= 0.3 is 12.1 Å². The number of urea groups is 2. The van der Waals surface area contributed by atoms with Crippen molar-refractivity contribution in [1.82, 2.24) is 5.32 Å². The van der Waals surface area contributed by atoms with E-state index < -0.39 is 22.1 Å². The fourth-order valence-electron chi connectivity index (χ4n) is 2.29. The highest BCUT2D eigenvalue weighted by Gasteiger charge is 2.27. The summed E-state index contributed by atoms with van der Waals surface area (Å²) in [4.78, 5) is 24.6. The number of nitrogens with one attached hydrogen (secondary N) is 2. The monoisotopic (exact) mass is 391 g/mol. The van der Waals surface area contributed by atoms with E-state index in [4.69, 9.17) is 4.74 Å². The Bertz CT molecular complexity index is 926. The summed E-state index contributed by atoms with van der Waals surface area (Å²) < 4.78 is 30.0. The molecule has 0 heterocycles. The Kier molecular flexibility index (Phi) is 6.40. The number of carbonyl (C=O) groups is 2. The van der Waals surface area contributed by atoms with Gasteiger partial charge in [-0.05, 0) is 38.1 Å². The minimum atomic E-state index is -3.95. The molecule has 0 aliphatic carbocycles. The average Bonchev–Trinajstić information content (AvgIpc) is 2.57. The molecule has 2 aromatic rings. The molecule has 0 bridgehead atoms. The topological polar surface area (TPSA) is 105 Å². The highest BCUT2D eigenvalue weighted by molar-refractivity contribution is 7.92. The van der Waals surface area contributed by atoms with Gasteiger partial charge in [0.15, 0.2) is 0 Å². The van der Waals surface area contributed by atoms with Crippen LogP contribution in [0.15, 0.2) is 48.5 Å². The Morgan fingerprint density at radius 1 is 1.07 bits per heavy atom. The summed E-state index contributed by atoms with van der Waals surface area (Å²) in [7, 11) is -3.95. The number of nitrogens with zero attached hydrogens (tertiary/aromatic N) is 1. The van der Waals surface area contributed by atoms with E-state index in [1.807, 2.05) is 12.2 Å². The number of anilines is 2. The zero-order valence-electron chi connectivity index (χ0n) is 15.2. The van der Waals surface area contributed by atoms with Crippen molar-refractivity contribution in [1.29, 1.82) is 0 Å². The number of ether oxygens (including phenoxy) is 1.